The molecule has 9 nitrogen and oxygen atoms in total. The molecule has 1 saturated heterocycles. The lowest BCUT2D eigenvalue weighted by Crippen LogP contribution is -2.56. The van der Waals surface area contributed by atoms with Crippen molar-refractivity contribution in [3.05, 3.63) is 95.1 Å². The molecule has 4 rings (SSSR count). The summed E-state index contributed by atoms with van der Waals surface area (Å²) < 4.78 is 35.0. The summed E-state index contributed by atoms with van der Waals surface area (Å²) in [5, 5.41) is 16.5. The SMILES string of the molecule is Cc1cccc(C)c1OCC(=O)N[C@@H](Cc1ccccc1)[C@H](O)C(=O)N1CC(F)(F)C[C@H]1C(=O)NCc1ccc(N(C)C)cc1. The van der Waals surface area contributed by atoms with Gasteiger partial charge in [-0.25, -0.2) is 8.78 Å². The monoisotopic (exact) mass is 622 g/mol. The van der Waals surface area contributed by atoms with Crippen molar-refractivity contribution in [2.45, 2.75) is 57.3 Å². The van der Waals surface area contributed by atoms with Crippen molar-refractivity contribution in [2.75, 3.05) is 32.1 Å². The van der Waals surface area contributed by atoms with Gasteiger partial charge in [-0.1, -0.05) is 60.7 Å². The molecule has 0 saturated carbocycles. The van der Waals surface area contributed by atoms with E-state index < -0.39 is 54.8 Å². The number of aliphatic hydroxyl groups is 1. The summed E-state index contributed by atoms with van der Waals surface area (Å²) in [6.07, 6.45) is -2.75. The number of aliphatic hydroxyl groups excluding tert-OH is 1. The number of nitrogens with one attached hydrogen (secondary N) is 2. The smallest absolute Gasteiger partial charge is 0.267 e. The first kappa shape index (κ1) is 33.4. The maximum Gasteiger partial charge on any atom is 0.267 e. The average Bonchev–Trinajstić information content (AvgIpc) is 3.34. The van der Waals surface area contributed by atoms with Gasteiger partial charge in [-0.2, -0.15) is 0 Å². The molecule has 0 bridgehead atoms. The van der Waals surface area contributed by atoms with Crippen molar-refractivity contribution in [2.24, 2.45) is 0 Å². The van der Waals surface area contributed by atoms with Crippen LogP contribution in [0.5, 0.6) is 5.75 Å². The first-order valence-corrected chi connectivity index (χ1v) is 14.8. The molecular formula is C34H40F2N4O5. The predicted octanol–water partition coefficient (Wildman–Crippen LogP) is 3.39. The largest absolute Gasteiger partial charge is 0.483 e. The van der Waals surface area contributed by atoms with Crippen LogP contribution in [0.2, 0.25) is 0 Å². The van der Waals surface area contributed by atoms with Crippen LogP contribution in [0.1, 0.15) is 28.7 Å². The summed E-state index contributed by atoms with van der Waals surface area (Å²) >= 11 is 0. The van der Waals surface area contributed by atoms with E-state index in [1.807, 2.05) is 75.3 Å². The zero-order chi connectivity index (χ0) is 32.7. The van der Waals surface area contributed by atoms with Crippen LogP contribution in [-0.4, -0.2) is 79.1 Å². The number of anilines is 1. The number of nitrogens with zero attached hydrogens (tertiary/aromatic N) is 2. The lowest BCUT2D eigenvalue weighted by molar-refractivity contribution is -0.147. The van der Waals surface area contributed by atoms with Gasteiger partial charge in [0.25, 0.3) is 17.7 Å². The molecule has 1 heterocycles. The summed E-state index contributed by atoms with van der Waals surface area (Å²) in [4.78, 5) is 42.3. The lowest BCUT2D eigenvalue weighted by atomic mass is 9.99. The molecule has 1 fully saturated rings. The highest BCUT2D eigenvalue weighted by Gasteiger charge is 2.51. The van der Waals surface area contributed by atoms with E-state index in [9.17, 15) is 28.3 Å². The van der Waals surface area contributed by atoms with Crippen molar-refractivity contribution in [1.82, 2.24) is 15.5 Å². The molecule has 0 aliphatic carbocycles. The molecule has 1 aliphatic heterocycles. The molecule has 45 heavy (non-hydrogen) atoms. The summed E-state index contributed by atoms with van der Waals surface area (Å²) in [5.74, 6) is -5.21. The van der Waals surface area contributed by atoms with Crippen LogP contribution in [-0.2, 0) is 27.3 Å². The minimum absolute atomic E-state index is 0.0346. The van der Waals surface area contributed by atoms with Crippen molar-refractivity contribution in [1.29, 1.82) is 0 Å². The van der Waals surface area contributed by atoms with E-state index in [-0.39, 0.29) is 19.6 Å². The van der Waals surface area contributed by atoms with E-state index in [1.165, 1.54) is 0 Å². The number of aryl methyl sites for hydroxylation is 2. The van der Waals surface area contributed by atoms with E-state index in [1.54, 1.807) is 30.3 Å². The number of rotatable bonds is 12. The molecule has 3 atom stereocenters. The van der Waals surface area contributed by atoms with E-state index in [0.717, 1.165) is 22.4 Å². The minimum Gasteiger partial charge on any atom is -0.483 e. The van der Waals surface area contributed by atoms with Crippen LogP contribution < -0.4 is 20.3 Å². The van der Waals surface area contributed by atoms with Gasteiger partial charge < -0.3 is 30.3 Å². The highest BCUT2D eigenvalue weighted by Crippen LogP contribution is 2.33. The molecule has 3 aromatic carbocycles. The third-order valence-corrected chi connectivity index (χ3v) is 7.81. The summed E-state index contributed by atoms with van der Waals surface area (Å²) in [6, 6.07) is 19.1. The number of carbonyl (C=O) groups is 3. The highest BCUT2D eigenvalue weighted by molar-refractivity contribution is 5.91. The second-order valence-electron chi connectivity index (χ2n) is 11.6. The first-order valence-electron chi connectivity index (χ1n) is 14.8. The van der Waals surface area contributed by atoms with Crippen LogP contribution in [0.3, 0.4) is 0 Å². The number of likely N-dealkylation sites (tertiary alicyclic amines) is 1. The molecule has 1 aliphatic rings. The van der Waals surface area contributed by atoms with Crippen LogP contribution in [0.25, 0.3) is 0 Å². The molecule has 0 unspecified atom stereocenters. The number of benzene rings is 3. The fourth-order valence-electron chi connectivity index (χ4n) is 5.37. The molecule has 3 aromatic rings. The van der Waals surface area contributed by atoms with Crippen molar-refractivity contribution in [3.8, 4) is 5.75 Å². The van der Waals surface area contributed by atoms with Gasteiger partial charge in [0.15, 0.2) is 12.7 Å². The standard InChI is InChI=1S/C34H40F2N4O5/c1-22-9-8-10-23(2)31(22)45-20-29(41)38-27(17-24-11-6-5-7-12-24)30(42)33(44)40-21-34(35,36)18-28(40)32(43)37-19-25-13-15-26(16-14-25)39(3)4/h5-16,27-28,30,42H,17-21H2,1-4H3,(H,37,43)(H,38,41)/t27-,28-,30-/m0/s1. The molecule has 3 N–H and O–H groups in total. The van der Waals surface area contributed by atoms with Gasteiger partial charge in [0.1, 0.15) is 11.8 Å². The zero-order valence-corrected chi connectivity index (χ0v) is 25.9. The fraction of sp³-hybridized carbons (Fsp3) is 0.382. The average molecular weight is 623 g/mol. The summed E-state index contributed by atoms with van der Waals surface area (Å²) in [6.45, 7) is 2.35. The van der Waals surface area contributed by atoms with Gasteiger partial charge in [-0.3, -0.25) is 14.4 Å². The molecule has 0 radical (unpaired) electrons. The number of ether oxygens (including phenoxy) is 1. The Kier molecular flexibility index (Phi) is 10.8. The van der Waals surface area contributed by atoms with Gasteiger partial charge in [0, 0.05) is 32.7 Å². The van der Waals surface area contributed by atoms with Crippen molar-refractivity contribution in [3.63, 3.8) is 0 Å². The minimum atomic E-state index is -3.33. The Hall–Kier alpha value is -4.51. The fourth-order valence-corrected chi connectivity index (χ4v) is 5.37. The third kappa shape index (κ3) is 8.78. The van der Waals surface area contributed by atoms with Gasteiger partial charge in [0.05, 0.1) is 12.6 Å². The molecule has 0 spiro atoms. The van der Waals surface area contributed by atoms with E-state index in [0.29, 0.717) is 16.2 Å². The molecular weight excluding hydrogens is 582 g/mol. The second-order valence-corrected chi connectivity index (χ2v) is 11.6. The maximum atomic E-state index is 14.7. The van der Waals surface area contributed by atoms with Crippen LogP contribution >= 0.6 is 0 Å². The Morgan fingerprint density at radius 3 is 2.24 bits per heavy atom. The molecule has 3 amide bonds. The Labute approximate surface area is 262 Å². The van der Waals surface area contributed by atoms with E-state index >= 15 is 0 Å². The number of carbonyl (C=O) groups excluding carboxylic acids is 3. The van der Waals surface area contributed by atoms with Crippen molar-refractivity contribution >= 4 is 23.4 Å². The van der Waals surface area contributed by atoms with Crippen molar-refractivity contribution < 1.29 is 33.0 Å². The first-order chi connectivity index (χ1) is 21.3. The van der Waals surface area contributed by atoms with Gasteiger partial charge in [-0.15, -0.1) is 0 Å². The molecule has 0 aromatic heterocycles. The molecule has 240 valence electrons. The van der Waals surface area contributed by atoms with Gasteiger partial charge in [0.2, 0.25) is 5.91 Å². The van der Waals surface area contributed by atoms with Crippen LogP contribution in [0.4, 0.5) is 14.5 Å². The van der Waals surface area contributed by atoms with Crippen LogP contribution in [0.15, 0.2) is 72.8 Å². The Morgan fingerprint density at radius 2 is 1.62 bits per heavy atom. The quantitative estimate of drug-likeness (QED) is 0.286. The number of alkyl halides is 2. The zero-order valence-electron chi connectivity index (χ0n) is 25.9. The van der Waals surface area contributed by atoms with Gasteiger partial charge in [-0.05, 0) is 54.7 Å². The summed E-state index contributed by atoms with van der Waals surface area (Å²) in [7, 11) is 3.79. The topological polar surface area (TPSA) is 111 Å². The van der Waals surface area contributed by atoms with E-state index in [2.05, 4.69) is 10.6 Å². The number of para-hydroxylation sites is 1. The highest BCUT2D eigenvalue weighted by atomic mass is 19.3. The van der Waals surface area contributed by atoms with Crippen LogP contribution in [0, 0.1) is 13.8 Å². The third-order valence-electron chi connectivity index (χ3n) is 7.81. The van der Waals surface area contributed by atoms with E-state index in [4.69, 9.17) is 4.74 Å². The Bertz CT molecular complexity index is 1460. The molecule has 11 heteroatoms. The Morgan fingerprint density at radius 1 is 0.978 bits per heavy atom. The normalized spacial score (nSPS) is 16.9. The number of hydrogen-bond donors (Lipinski definition) is 3. The van der Waals surface area contributed by atoms with Gasteiger partial charge >= 0.3 is 0 Å². The number of amides is 3. The maximum absolute atomic E-state index is 14.7. The Balaban J connectivity index is 1.47. The number of hydrogen-bond acceptors (Lipinski definition) is 6. The second kappa shape index (κ2) is 14.5. The number of halogens is 2. The predicted molar refractivity (Wildman–Crippen MR) is 167 cm³/mol. The lowest BCUT2D eigenvalue weighted by Gasteiger charge is -2.30. The summed E-state index contributed by atoms with van der Waals surface area (Å²) in [5.41, 5.74) is 4.09.